The fourth-order valence-corrected chi connectivity index (χ4v) is 7.76. The molecule has 0 spiro atoms. The number of hydrogen-bond acceptors (Lipinski definition) is 9. The number of carbonyl (C=O) groups is 7. The Balaban J connectivity index is 1.12. The van der Waals surface area contributed by atoms with Gasteiger partial charge in [0.1, 0.15) is 30.8 Å². The molecule has 1 aliphatic heterocycles. The molecule has 1 aliphatic carbocycles. The number of nitrogens with zero attached hydrogens (tertiary/aromatic N) is 1. The predicted octanol–water partition coefficient (Wildman–Crippen LogP) is 2.59. The zero-order valence-electron chi connectivity index (χ0n) is 34.7. The smallest absolute Gasteiger partial charge is 0.410 e. The number of carboxylic acids is 1. The predicted molar refractivity (Wildman–Crippen MR) is 227 cm³/mol. The number of nitrogens with one attached hydrogen (secondary N) is 5. The molecule has 326 valence electrons. The highest BCUT2D eigenvalue weighted by atomic mass is 16.6. The minimum absolute atomic E-state index is 0.0524. The lowest BCUT2D eigenvalue weighted by atomic mass is 9.98. The van der Waals surface area contributed by atoms with Crippen molar-refractivity contribution in [3.63, 3.8) is 0 Å². The van der Waals surface area contributed by atoms with Gasteiger partial charge in [0.2, 0.25) is 29.5 Å². The van der Waals surface area contributed by atoms with Crippen LogP contribution < -0.4 is 32.3 Å². The first-order valence-electron chi connectivity index (χ1n) is 20.9. The van der Waals surface area contributed by atoms with Crippen molar-refractivity contribution < 1.29 is 43.4 Å². The third-order valence-corrected chi connectivity index (χ3v) is 10.8. The van der Waals surface area contributed by atoms with E-state index >= 15 is 0 Å². The molecule has 4 atom stereocenters. The summed E-state index contributed by atoms with van der Waals surface area (Å²) >= 11 is 0. The molecule has 3 aromatic rings. The van der Waals surface area contributed by atoms with Gasteiger partial charge in [0.15, 0.2) is 0 Å². The largest absolute Gasteiger partial charge is 0.480 e. The first-order valence-corrected chi connectivity index (χ1v) is 20.9. The highest BCUT2D eigenvalue weighted by molar-refractivity contribution is 5.95. The summed E-state index contributed by atoms with van der Waals surface area (Å²) in [6.07, 6.45) is 1.85. The number of likely N-dealkylation sites (tertiary alicyclic amines) is 1. The zero-order valence-corrected chi connectivity index (χ0v) is 34.7. The van der Waals surface area contributed by atoms with Gasteiger partial charge in [-0.3, -0.25) is 28.9 Å². The topological polar surface area (TPSA) is 238 Å². The van der Waals surface area contributed by atoms with Crippen molar-refractivity contribution in [2.45, 2.75) is 88.9 Å². The van der Waals surface area contributed by atoms with Crippen LogP contribution in [0.5, 0.6) is 0 Å². The summed E-state index contributed by atoms with van der Waals surface area (Å²) in [6.45, 7) is 3.52. The summed E-state index contributed by atoms with van der Waals surface area (Å²) in [5.74, 6) is -4.66. The van der Waals surface area contributed by atoms with Crippen molar-refractivity contribution in [1.29, 1.82) is 0 Å². The van der Waals surface area contributed by atoms with Crippen LogP contribution >= 0.6 is 0 Å². The molecule has 6 amide bonds. The summed E-state index contributed by atoms with van der Waals surface area (Å²) in [5, 5.41) is 22.6. The maximum atomic E-state index is 13.7. The zero-order chi connectivity index (χ0) is 43.9. The molecule has 0 radical (unpaired) electrons. The monoisotopic (exact) mass is 839 g/mol. The highest BCUT2D eigenvalue weighted by Gasteiger charge is 2.37. The van der Waals surface area contributed by atoms with Crippen LogP contribution in [0.15, 0.2) is 78.9 Å². The molecule has 8 N–H and O–H groups in total. The third kappa shape index (κ3) is 12.9. The van der Waals surface area contributed by atoms with Gasteiger partial charge in [0, 0.05) is 18.9 Å². The van der Waals surface area contributed by atoms with Crippen LogP contribution in [0.1, 0.15) is 75.0 Å². The summed E-state index contributed by atoms with van der Waals surface area (Å²) in [6, 6.07) is 20.6. The van der Waals surface area contributed by atoms with E-state index < -0.39 is 78.9 Å². The Kier molecular flexibility index (Phi) is 16.8. The summed E-state index contributed by atoms with van der Waals surface area (Å²) in [4.78, 5) is 92.8. The molecule has 2 aliphatic rings. The van der Waals surface area contributed by atoms with E-state index in [1.54, 1.807) is 30.3 Å². The molecule has 5 rings (SSSR count). The molecule has 3 aromatic carbocycles. The molecule has 0 aromatic heterocycles. The van der Waals surface area contributed by atoms with E-state index in [1.165, 1.54) is 4.90 Å². The van der Waals surface area contributed by atoms with Gasteiger partial charge in [-0.05, 0) is 78.8 Å². The van der Waals surface area contributed by atoms with Crippen molar-refractivity contribution in [2.24, 2.45) is 11.7 Å². The normalized spacial score (nSPS) is 15.7. The van der Waals surface area contributed by atoms with Gasteiger partial charge in [-0.25, -0.2) is 9.59 Å². The molecule has 16 nitrogen and oxygen atoms in total. The molecular formula is C45H57N7O9. The second-order valence-electron chi connectivity index (χ2n) is 15.8. The number of carbonyl (C=O) groups excluding carboxylic acids is 6. The number of hydrogen-bond donors (Lipinski definition) is 7. The molecule has 16 heteroatoms. The lowest BCUT2D eigenvalue weighted by Crippen LogP contribution is -2.57. The van der Waals surface area contributed by atoms with E-state index in [9.17, 15) is 38.7 Å². The average Bonchev–Trinajstić information content (AvgIpc) is 3.87. The minimum atomic E-state index is -1.20. The van der Waals surface area contributed by atoms with E-state index in [-0.39, 0.29) is 37.7 Å². The minimum Gasteiger partial charge on any atom is -0.480 e. The average molecular weight is 840 g/mol. The van der Waals surface area contributed by atoms with E-state index in [1.807, 2.05) is 62.4 Å². The van der Waals surface area contributed by atoms with Gasteiger partial charge in [0.05, 0.1) is 13.1 Å². The van der Waals surface area contributed by atoms with Crippen LogP contribution in [-0.2, 0) is 39.9 Å². The fraction of sp³-hybridized carbons (Fsp3) is 0.444. The van der Waals surface area contributed by atoms with E-state index in [0.717, 1.165) is 22.3 Å². The van der Waals surface area contributed by atoms with Gasteiger partial charge in [0.25, 0.3) is 0 Å². The van der Waals surface area contributed by atoms with Crippen molar-refractivity contribution in [3.8, 4) is 11.1 Å². The number of benzene rings is 3. The quantitative estimate of drug-likeness (QED) is 0.0775. The van der Waals surface area contributed by atoms with E-state index in [4.69, 9.17) is 10.5 Å². The second kappa shape index (κ2) is 22.4. The van der Waals surface area contributed by atoms with Crippen LogP contribution in [0.3, 0.4) is 0 Å². The number of carboxylic acid groups (broad SMARTS) is 1. The Morgan fingerprint density at radius 2 is 1.36 bits per heavy atom. The number of amides is 6. The molecular weight excluding hydrogens is 783 g/mol. The van der Waals surface area contributed by atoms with Crippen molar-refractivity contribution >= 4 is 41.6 Å². The van der Waals surface area contributed by atoms with Crippen LogP contribution in [0.2, 0.25) is 0 Å². The van der Waals surface area contributed by atoms with Gasteiger partial charge in [-0.1, -0.05) is 92.7 Å². The Morgan fingerprint density at radius 3 is 2.00 bits per heavy atom. The SMILES string of the molecule is CC(C)C[C@H](NC(=O)[C@H](Cc1ccccc1)NC(=O)CNC(=O)CNC(=O)[C@@H]1CCCN1C(=O)OCC1c2ccccc2-c2ccccc21)C(=O)N[C@@H](CCCCN)C(=O)O. The molecule has 61 heavy (non-hydrogen) atoms. The lowest BCUT2D eigenvalue weighted by Gasteiger charge is -2.26. The molecule has 1 saturated heterocycles. The molecule has 0 unspecified atom stereocenters. The Labute approximate surface area is 355 Å². The van der Waals surface area contributed by atoms with Gasteiger partial charge in [-0.2, -0.15) is 0 Å². The Morgan fingerprint density at radius 1 is 0.754 bits per heavy atom. The highest BCUT2D eigenvalue weighted by Crippen LogP contribution is 2.44. The summed E-state index contributed by atoms with van der Waals surface area (Å²) < 4.78 is 5.78. The van der Waals surface area contributed by atoms with E-state index in [0.29, 0.717) is 44.3 Å². The third-order valence-electron chi connectivity index (χ3n) is 10.8. The summed E-state index contributed by atoms with van der Waals surface area (Å²) in [7, 11) is 0. The molecule has 0 bridgehead atoms. The first-order chi connectivity index (χ1) is 29.4. The van der Waals surface area contributed by atoms with Crippen LogP contribution in [-0.4, -0.2) is 109 Å². The van der Waals surface area contributed by atoms with E-state index in [2.05, 4.69) is 26.6 Å². The maximum absolute atomic E-state index is 13.7. The van der Waals surface area contributed by atoms with Gasteiger partial charge in [-0.15, -0.1) is 0 Å². The Bertz CT molecular complexity index is 1980. The standard InChI is InChI=1S/C45H57N7O9/c1-28(2)23-36(41(55)50-35(44(58)59)19-10-11-21-46)51-42(56)37(24-29-13-4-3-5-14-29)49-40(54)26-47-39(53)25-48-43(57)38-20-12-22-52(38)45(60)61-27-34-32-17-8-6-15-30(32)31-16-7-9-18-33(31)34/h3-9,13-18,28,34-38H,10-12,19-27,46H2,1-2H3,(H,47,53)(H,48,57)(H,49,54)(H,50,55)(H,51,56)(H,58,59)/t35-,36-,37-,38-/m0/s1. The Hall–Kier alpha value is -6.29. The number of unbranched alkanes of at least 4 members (excludes halogenated alkanes) is 1. The fourth-order valence-electron chi connectivity index (χ4n) is 7.76. The van der Waals surface area contributed by atoms with Gasteiger partial charge < -0.3 is 42.2 Å². The molecule has 1 heterocycles. The van der Waals surface area contributed by atoms with Crippen molar-refractivity contribution in [2.75, 3.05) is 32.8 Å². The maximum Gasteiger partial charge on any atom is 0.410 e. The van der Waals surface area contributed by atoms with Crippen LogP contribution in [0.25, 0.3) is 11.1 Å². The first kappa shape index (κ1) is 45.8. The molecule has 1 fully saturated rings. The number of rotatable bonds is 21. The van der Waals surface area contributed by atoms with Crippen LogP contribution in [0, 0.1) is 5.92 Å². The van der Waals surface area contributed by atoms with Crippen molar-refractivity contribution in [3.05, 3.63) is 95.6 Å². The molecule has 0 saturated carbocycles. The number of nitrogens with two attached hydrogens (primary N) is 1. The second-order valence-corrected chi connectivity index (χ2v) is 15.8. The number of aliphatic carboxylic acids is 1. The van der Waals surface area contributed by atoms with Crippen LogP contribution in [0.4, 0.5) is 4.79 Å². The van der Waals surface area contributed by atoms with Gasteiger partial charge >= 0.3 is 12.1 Å². The van der Waals surface area contributed by atoms with Crippen molar-refractivity contribution in [1.82, 2.24) is 31.5 Å². The number of fused-ring (bicyclic) bond motifs is 3. The lowest BCUT2D eigenvalue weighted by molar-refractivity contribution is -0.142. The number of ether oxygens (including phenoxy) is 1. The summed E-state index contributed by atoms with van der Waals surface area (Å²) in [5.41, 5.74) is 10.6.